The van der Waals surface area contributed by atoms with Crippen molar-refractivity contribution in [1.82, 2.24) is 0 Å². The van der Waals surface area contributed by atoms with E-state index in [1.807, 2.05) is 28.7 Å². The number of carbonyl (C=O) groups excluding carboxylic acids is 1. The molecule has 0 bridgehead atoms. The highest BCUT2D eigenvalue weighted by molar-refractivity contribution is 14.1. The van der Waals surface area contributed by atoms with Gasteiger partial charge in [-0.25, -0.2) is 4.39 Å². The van der Waals surface area contributed by atoms with Crippen LogP contribution in [0.15, 0.2) is 36.4 Å². The Kier molecular flexibility index (Phi) is 3.52. The van der Waals surface area contributed by atoms with E-state index in [-0.39, 0.29) is 11.7 Å². The van der Waals surface area contributed by atoms with Gasteiger partial charge in [-0.3, -0.25) is 4.79 Å². The Labute approximate surface area is 133 Å². The predicted octanol–water partition coefficient (Wildman–Crippen LogP) is 4.58. The first kappa shape index (κ1) is 13.6. The van der Waals surface area contributed by atoms with Gasteiger partial charge in [0.05, 0.1) is 9.26 Å². The number of amides is 1. The summed E-state index contributed by atoms with van der Waals surface area (Å²) in [6.07, 6.45) is 1.71. The molecule has 1 aliphatic rings. The summed E-state index contributed by atoms with van der Waals surface area (Å²) in [6, 6.07) is 10.2. The van der Waals surface area contributed by atoms with Crippen LogP contribution in [0.4, 0.5) is 10.1 Å². The lowest BCUT2D eigenvalue weighted by atomic mass is 10.0. The fraction of sp³-hybridized carbons (Fsp3) is 0. The maximum absolute atomic E-state index is 13.7. The van der Waals surface area contributed by atoms with Crippen LogP contribution in [-0.2, 0) is 4.79 Å². The Morgan fingerprint density at radius 2 is 2.05 bits per heavy atom. The van der Waals surface area contributed by atoms with Gasteiger partial charge in [0.25, 0.3) is 5.91 Å². The summed E-state index contributed by atoms with van der Waals surface area (Å²) in [4.78, 5) is 12.0. The number of rotatable bonds is 1. The number of carbonyl (C=O) groups is 1. The summed E-state index contributed by atoms with van der Waals surface area (Å²) in [6.45, 7) is 0. The minimum absolute atomic E-state index is 0.235. The van der Waals surface area contributed by atoms with Crippen molar-refractivity contribution in [3.63, 3.8) is 0 Å². The molecular formula is C15H8ClFINO. The van der Waals surface area contributed by atoms with Crippen molar-refractivity contribution in [1.29, 1.82) is 0 Å². The van der Waals surface area contributed by atoms with Gasteiger partial charge in [0.15, 0.2) is 0 Å². The number of fused-ring (bicyclic) bond motifs is 1. The molecule has 100 valence electrons. The second-order valence-corrected chi connectivity index (χ2v) is 5.98. The van der Waals surface area contributed by atoms with Crippen LogP contribution in [0.2, 0.25) is 5.02 Å². The van der Waals surface area contributed by atoms with Crippen LogP contribution in [0.3, 0.4) is 0 Å². The summed E-state index contributed by atoms with van der Waals surface area (Å²) in [5.74, 6) is -0.570. The Bertz CT molecular complexity index is 758. The lowest BCUT2D eigenvalue weighted by Gasteiger charge is -2.01. The molecule has 0 atom stereocenters. The SMILES string of the molecule is O=C1Nc2cc(I)c(F)cc2/C1=C\c1cccc(Cl)c1. The Balaban J connectivity index is 2.12. The van der Waals surface area contributed by atoms with Crippen molar-refractivity contribution in [3.8, 4) is 0 Å². The summed E-state index contributed by atoms with van der Waals surface area (Å²) in [5, 5.41) is 3.33. The van der Waals surface area contributed by atoms with Gasteiger partial charge < -0.3 is 5.32 Å². The number of benzene rings is 2. The zero-order valence-corrected chi connectivity index (χ0v) is 13.0. The van der Waals surface area contributed by atoms with Crippen molar-refractivity contribution in [3.05, 3.63) is 61.9 Å². The highest BCUT2D eigenvalue weighted by Crippen LogP contribution is 2.35. The van der Waals surface area contributed by atoms with E-state index in [1.54, 1.807) is 30.3 Å². The van der Waals surface area contributed by atoms with Crippen LogP contribution in [0.1, 0.15) is 11.1 Å². The van der Waals surface area contributed by atoms with Gasteiger partial charge >= 0.3 is 0 Å². The molecular weight excluding hydrogens is 392 g/mol. The minimum atomic E-state index is -0.335. The molecule has 0 saturated heterocycles. The second kappa shape index (κ2) is 5.18. The fourth-order valence-electron chi connectivity index (χ4n) is 2.09. The molecule has 2 nitrogen and oxygen atoms in total. The molecule has 0 unspecified atom stereocenters. The van der Waals surface area contributed by atoms with E-state index >= 15 is 0 Å². The third-order valence-corrected chi connectivity index (χ3v) is 4.06. The second-order valence-electron chi connectivity index (χ2n) is 4.38. The molecule has 1 N–H and O–H groups in total. The van der Waals surface area contributed by atoms with Crippen LogP contribution < -0.4 is 5.32 Å². The summed E-state index contributed by atoms with van der Waals surface area (Å²) >= 11 is 7.82. The number of hydrogen-bond acceptors (Lipinski definition) is 1. The molecule has 20 heavy (non-hydrogen) atoms. The maximum Gasteiger partial charge on any atom is 0.256 e. The summed E-state index contributed by atoms with van der Waals surface area (Å²) in [5.41, 5.74) is 2.45. The van der Waals surface area contributed by atoms with Gasteiger partial charge in [-0.1, -0.05) is 23.7 Å². The number of nitrogens with one attached hydrogen (secondary N) is 1. The van der Waals surface area contributed by atoms with E-state index in [2.05, 4.69) is 5.32 Å². The lowest BCUT2D eigenvalue weighted by molar-refractivity contribution is -0.110. The summed E-state index contributed by atoms with van der Waals surface area (Å²) < 4.78 is 14.2. The molecule has 2 aromatic rings. The Morgan fingerprint density at radius 3 is 2.80 bits per heavy atom. The topological polar surface area (TPSA) is 29.1 Å². The van der Waals surface area contributed by atoms with E-state index in [9.17, 15) is 9.18 Å². The van der Waals surface area contributed by atoms with Crippen LogP contribution in [0.25, 0.3) is 11.6 Å². The van der Waals surface area contributed by atoms with Crippen molar-refractivity contribution in [2.75, 3.05) is 5.32 Å². The molecule has 1 amide bonds. The van der Waals surface area contributed by atoms with Crippen molar-refractivity contribution < 1.29 is 9.18 Å². The molecule has 0 saturated carbocycles. The molecule has 3 rings (SSSR count). The monoisotopic (exact) mass is 399 g/mol. The van der Waals surface area contributed by atoms with Crippen LogP contribution >= 0.6 is 34.2 Å². The summed E-state index contributed by atoms with van der Waals surface area (Å²) in [7, 11) is 0. The van der Waals surface area contributed by atoms with E-state index in [0.29, 0.717) is 25.4 Å². The smallest absolute Gasteiger partial charge is 0.256 e. The molecule has 5 heteroatoms. The number of halogens is 3. The third kappa shape index (κ3) is 2.45. The highest BCUT2D eigenvalue weighted by Gasteiger charge is 2.25. The van der Waals surface area contributed by atoms with Crippen molar-refractivity contribution >= 4 is 57.4 Å². The number of hydrogen-bond donors (Lipinski definition) is 1. The van der Waals surface area contributed by atoms with E-state index in [0.717, 1.165) is 5.56 Å². The van der Waals surface area contributed by atoms with Gasteiger partial charge in [0.1, 0.15) is 5.82 Å². The van der Waals surface area contributed by atoms with E-state index < -0.39 is 0 Å². The molecule has 2 aromatic carbocycles. The highest BCUT2D eigenvalue weighted by atomic mass is 127. The van der Waals surface area contributed by atoms with Crippen molar-refractivity contribution in [2.45, 2.75) is 0 Å². The average Bonchev–Trinajstić information content (AvgIpc) is 2.67. The van der Waals surface area contributed by atoms with Crippen LogP contribution in [0, 0.1) is 9.39 Å². The lowest BCUT2D eigenvalue weighted by Crippen LogP contribution is -2.03. The fourth-order valence-corrected chi connectivity index (χ4v) is 2.76. The molecule has 0 radical (unpaired) electrons. The molecule has 1 heterocycles. The first-order chi connectivity index (χ1) is 9.54. The predicted molar refractivity (Wildman–Crippen MR) is 87.1 cm³/mol. The Hall–Kier alpha value is -1.40. The third-order valence-electron chi connectivity index (χ3n) is 3.00. The first-order valence-corrected chi connectivity index (χ1v) is 7.28. The zero-order chi connectivity index (χ0) is 14.3. The first-order valence-electron chi connectivity index (χ1n) is 5.82. The van der Waals surface area contributed by atoms with Gasteiger partial charge in [0, 0.05) is 16.2 Å². The Morgan fingerprint density at radius 1 is 1.25 bits per heavy atom. The molecule has 0 aliphatic carbocycles. The van der Waals surface area contributed by atoms with Gasteiger partial charge in [-0.15, -0.1) is 0 Å². The maximum atomic E-state index is 13.7. The van der Waals surface area contributed by atoms with Crippen LogP contribution in [0.5, 0.6) is 0 Å². The van der Waals surface area contributed by atoms with Crippen LogP contribution in [-0.4, -0.2) is 5.91 Å². The largest absolute Gasteiger partial charge is 0.321 e. The van der Waals surface area contributed by atoms with E-state index in [4.69, 9.17) is 11.6 Å². The number of anilines is 1. The van der Waals surface area contributed by atoms with Gasteiger partial charge in [-0.05, 0) is 58.5 Å². The molecule has 0 spiro atoms. The quantitative estimate of drug-likeness (QED) is 0.552. The normalized spacial score (nSPS) is 15.3. The molecule has 0 aromatic heterocycles. The van der Waals surface area contributed by atoms with Crippen molar-refractivity contribution in [2.24, 2.45) is 0 Å². The standard InChI is InChI=1S/C15H8ClFINO/c16-9-3-1-2-8(4-9)5-11-10-6-12(17)13(18)7-14(10)19-15(11)20/h1-7H,(H,19,20)/b11-5+. The van der Waals surface area contributed by atoms with Gasteiger partial charge in [-0.2, -0.15) is 0 Å². The van der Waals surface area contributed by atoms with E-state index in [1.165, 1.54) is 6.07 Å². The molecule has 1 aliphatic heterocycles. The van der Waals surface area contributed by atoms with Gasteiger partial charge in [0.2, 0.25) is 0 Å². The zero-order valence-electron chi connectivity index (χ0n) is 10.1. The molecule has 0 fully saturated rings. The average molecular weight is 400 g/mol. The minimum Gasteiger partial charge on any atom is -0.321 e.